The van der Waals surface area contributed by atoms with Crippen molar-refractivity contribution in [2.75, 3.05) is 13.2 Å². The largest absolute Gasteiger partial charge is 0.465 e. The number of nitrogens with one attached hydrogen (secondary N) is 1. The fourth-order valence-electron chi connectivity index (χ4n) is 8.91. The van der Waals surface area contributed by atoms with E-state index in [2.05, 4.69) is 39.9 Å². The molecule has 0 heterocycles. The summed E-state index contributed by atoms with van der Waals surface area (Å²) in [5, 5.41) is 25.1. The molecule has 4 rings (SSSR count). The lowest BCUT2D eigenvalue weighted by Gasteiger charge is -2.63. The Morgan fingerprint density at radius 2 is 1.79 bits per heavy atom. The lowest BCUT2D eigenvalue weighted by molar-refractivity contribution is -0.175. The van der Waals surface area contributed by atoms with Crippen molar-refractivity contribution in [3.05, 3.63) is 0 Å². The standard InChI is InChI=1S/C28H49NO4.ClH/c1-6-13-33-26(32)21-10-9-20-19-8-7-18-14-23(30)24(31)16-27(18,4)25(19)22(15-28(20,21)5)29-12-11-17(2)3;/h17-25,29-31H,6-16H2,1-5H3;1H/t18-,19-,20-,21+,22+,23-,24-,25+,27-,28-;/m0./s1. The number of fused-ring (bicyclic) bond motifs is 5. The van der Waals surface area contributed by atoms with Gasteiger partial charge in [-0.05, 0) is 105 Å². The number of esters is 1. The van der Waals surface area contributed by atoms with Gasteiger partial charge in [-0.1, -0.05) is 34.6 Å². The van der Waals surface area contributed by atoms with Crippen LogP contribution in [0, 0.1) is 46.3 Å². The van der Waals surface area contributed by atoms with Crippen molar-refractivity contribution in [3.8, 4) is 0 Å². The highest BCUT2D eigenvalue weighted by molar-refractivity contribution is 5.85. The van der Waals surface area contributed by atoms with E-state index in [-0.39, 0.29) is 35.1 Å². The topological polar surface area (TPSA) is 78.8 Å². The number of hydrogen-bond acceptors (Lipinski definition) is 5. The molecular weight excluding hydrogens is 450 g/mol. The van der Waals surface area contributed by atoms with Gasteiger partial charge in [0.2, 0.25) is 0 Å². The maximum Gasteiger partial charge on any atom is 0.309 e. The summed E-state index contributed by atoms with van der Waals surface area (Å²) in [6.07, 6.45) is 7.67. The first kappa shape index (κ1) is 28.2. The minimum Gasteiger partial charge on any atom is -0.465 e. The number of aliphatic hydroxyl groups excluding tert-OH is 2. The molecule has 0 aromatic rings. The average Bonchev–Trinajstić information content (AvgIpc) is 3.09. The number of rotatable bonds is 7. The van der Waals surface area contributed by atoms with Crippen LogP contribution in [0.5, 0.6) is 0 Å². The molecule has 0 aliphatic heterocycles. The van der Waals surface area contributed by atoms with Crippen molar-refractivity contribution in [3.63, 3.8) is 0 Å². The van der Waals surface area contributed by atoms with Crippen LogP contribution in [0.3, 0.4) is 0 Å². The highest BCUT2D eigenvalue weighted by Crippen LogP contribution is 2.67. The molecule has 0 bridgehead atoms. The van der Waals surface area contributed by atoms with Crippen LogP contribution in [0.2, 0.25) is 0 Å². The van der Waals surface area contributed by atoms with Gasteiger partial charge in [0.25, 0.3) is 0 Å². The molecule has 0 saturated heterocycles. The Bertz CT molecular complexity index is 704. The molecular formula is C28H50ClNO4. The molecule has 4 saturated carbocycles. The molecule has 10 atom stereocenters. The Balaban J connectivity index is 0.00000324. The average molecular weight is 500 g/mol. The van der Waals surface area contributed by atoms with E-state index in [9.17, 15) is 15.0 Å². The number of halogens is 1. The zero-order valence-corrected chi connectivity index (χ0v) is 22.9. The van der Waals surface area contributed by atoms with Crippen molar-refractivity contribution >= 4 is 18.4 Å². The maximum absolute atomic E-state index is 13.1. The van der Waals surface area contributed by atoms with E-state index in [1.165, 1.54) is 6.42 Å². The van der Waals surface area contributed by atoms with Gasteiger partial charge in [0.05, 0.1) is 24.7 Å². The van der Waals surface area contributed by atoms with Gasteiger partial charge in [0, 0.05) is 6.04 Å². The molecule has 0 aromatic carbocycles. The molecule has 3 N–H and O–H groups in total. The molecule has 4 aliphatic rings. The van der Waals surface area contributed by atoms with Gasteiger partial charge in [0.15, 0.2) is 0 Å². The van der Waals surface area contributed by atoms with Crippen molar-refractivity contribution < 1.29 is 19.7 Å². The molecule has 0 aromatic heterocycles. The van der Waals surface area contributed by atoms with E-state index < -0.39 is 12.2 Å². The third-order valence-electron chi connectivity index (χ3n) is 10.5. The van der Waals surface area contributed by atoms with Gasteiger partial charge >= 0.3 is 5.97 Å². The van der Waals surface area contributed by atoms with Crippen LogP contribution >= 0.6 is 12.4 Å². The van der Waals surface area contributed by atoms with E-state index in [1.807, 2.05) is 0 Å². The highest BCUT2D eigenvalue weighted by atomic mass is 35.5. The first-order chi connectivity index (χ1) is 15.6. The second-order valence-corrected chi connectivity index (χ2v) is 12.9. The third-order valence-corrected chi connectivity index (χ3v) is 10.5. The summed E-state index contributed by atoms with van der Waals surface area (Å²) in [4.78, 5) is 13.1. The van der Waals surface area contributed by atoms with Crippen LogP contribution in [-0.4, -0.2) is 47.6 Å². The monoisotopic (exact) mass is 499 g/mol. The zero-order valence-electron chi connectivity index (χ0n) is 22.1. The normalized spacial score (nSPS) is 45.6. The summed E-state index contributed by atoms with van der Waals surface area (Å²) in [5.41, 5.74) is 0.0245. The minimum absolute atomic E-state index is 0. The maximum atomic E-state index is 13.1. The van der Waals surface area contributed by atoms with Gasteiger partial charge in [-0.15, -0.1) is 12.4 Å². The van der Waals surface area contributed by atoms with Crippen LogP contribution in [0.25, 0.3) is 0 Å². The zero-order chi connectivity index (χ0) is 24.0. The molecule has 4 fully saturated rings. The number of carbonyl (C=O) groups is 1. The van der Waals surface area contributed by atoms with Crippen LogP contribution in [0.4, 0.5) is 0 Å². The van der Waals surface area contributed by atoms with Crippen LogP contribution in [0.1, 0.15) is 92.4 Å². The van der Waals surface area contributed by atoms with Gasteiger partial charge < -0.3 is 20.3 Å². The molecule has 4 aliphatic carbocycles. The number of ether oxygens (including phenoxy) is 1. The Morgan fingerprint density at radius 3 is 2.47 bits per heavy atom. The summed E-state index contributed by atoms with van der Waals surface area (Å²) >= 11 is 0. The molecule has 198 valence electrons. The van der Waals surface area contributed by atoms with E-state index in [1.54, 1.807) is 0 Å². The van der Waals surface area contributed by atoms with Gasteiger partial charge in [0.1, 0.15) is 0 Å². The van der Waals surface area contributed by atoms with Crippen molar-refractivity contribution in [1.82, 2.24) is 5.32 Å². The van der Waals surface area contributed by atoms with Gasteiger partial charge in [-0.3, -0.25) is 4.79 Å². The third kappa shape index (κ3) is 4.93. The van der Waals surface area contributed by atoms with Crippen LogP contribution in [0.15, 0.2) is 0 Å². The number of hydrogen-bond donors (Lipinski definition) is 3. The smallest absolute Gasteiger partial charge is 0.309 e. The van der Waals surface area contributed by atoms with Gasteiger partial charge in [-0.2, -0.15) is 0 Å². The summed E-state index contributed by atoms with van der Waals surface area (Å²) in [6.45, 7) is 12.9. The number of carbonyl (C=O) groups excluding carboxylic acids is 1. The second-order valence-electron chi connectivity index (χ2n) is 12.9. The molecule has 5 nitrogen and oxygen atoms in total. The first-order valence-electron chi connectivity index (χ1n) is 13.9. The lowest BCUT2D eigenvalue weighted by Crippen LogP contribution is -2.64. The van der Waals surface area contributed by atoms with Crippen molar-refractivity contribution in [1.29, 1.82) is 0 Å². The van der Waals surface area contributed by atoms with E-state index in [0.717, 1.165) is 51.5 Å². The van der Waals surface area contributed by atoms with Crippen molar-refractivity contribution in [2.24, 2.45) is 46.3 Å². The fourth-order valence-corrected chi connectivity index (χ4v) is 8.91. The van der Waals surface area contributed by atoms with E-state index in [4.69, 9.17) is 4.74 Å². The predicted octanol–water partition coefficient (Wildman–Crippen LogP) is 4.97. The lowest BCUT2D eigenvalue weighted by atomic mass is 9.43. The Hall–Kier alpha value is -0.360. The van der Waals surface area contributed by atoms with Crippen LogP contribution < -0.4 is 5.32 Å². The van der Waals surface area contributed by atoms with E-state index >= 15 is 0 Å². The summed E-state index contributed by atoms with van der Waals surface area (Å²) < 4.78 is 5.68. The molecule has 0 amide bonds. The molecule has 0 radical (unpaired) electrons. The molecule has 0 spiro atoms. The number of aliphatic hydroxyl groups is 2. The summed E-state index contributed by atoms with van der Waals surface area (Å²) in [5.74, 6) is 2.78. The van der Waals surface area contributed by atoms with Crippen molar-refractivity contribution in [2.45, 2.75) is 111 Å². The van der Waals surface area contributed by atoms with E-state index in [0.29, 0.717) is 48.7 Å². The predicted molar refractivity (Wildman–Crippen MR) is 138 cm³/mol. The summed E-state index contributed by atoms with van der Waals surface area (Å²) in [6, 6.07) is 0.352. The van der Waals surface area contributed by atoms with Gasteiger partial charge in [-0.25, -0.2) is 0 Å². The summed E-state index contributed by atoms with van der Waals surface area (Å²) in [7, 11) is 0. The Labute approximate surface area is 213 Å². The Kier molecular flexibility index (Phi) is 9.08. The quantitative estimate of drug-likeness (QED) is 0.431. The molecule has 0 unspecified atom stereocenters. The first-order valence-corrected chi connectivity index (χ1v) is 13.9. The highest BCUT2D eigenvalue weighted by Gasteiger charge is 2.64. The Morgan fingerprint density at radius 1 is 1.06 bits per heavy atom. The molecule has 34 heavy (non-hydrogen) atoms. The second kappa shape index (κ2) is 10.9. The molecule has 6 heteroatoms. The minimum atomic E-state index is -0.616. The fraction of sp³-hybridized carbons (Fsp3) is 0.964. The SMILES string of the molecule is CCCOC(=O)[C@H]1CC[C@H]2[C@@H]3CC[C@H]4C[C@H](O)[C@@H](O)C[C@]4(C)[C@H]3[C@H](NCCC(C)C)C[C@]12C.Cl. The van der Waals surface area contributed by atoms with Crippen LogP contribution in [-0.2, 0) is 9.53 Å².